The van der Waals surface area contributed by atoms with Crippen LogP contribution in [0.5, 0.6) is 0 Å². The van der Waals surface area contributed by atoms with Crippen molar-refractivity contribution in [2.45, 2.75) is 40.5 Å². The summed E-state index contributed by atoms with van der Waals surface area (Å²) >= 11 is 0. The second kappa shape index (κ2) is 13.2. The van der Waals surface area contributed by atoms with Gasteiger partial charge in [-0.25, -0.2) is 0 Å². The molecule has 0 N–H and O–H groups in total. The predicted octanol–water partition coefficient (Wildman–Crippen LogP) is 6.54. The van der Waals surface area contributed by atoms with E-state index in [9.17, 15) is 9.59 Å². The SMILES string of the molecule is CC(=O)CCC(=O)c1ccccc1.Cc1ccc(C)cc1.Cc1ccccc1. The van der Waals surface area contributed by atoms with E-state index in [1.165, 1.54) is 23.6 Å². The molecule has 0 atom stereocenters. The summed E-state index contributed by atoms with van der Waals surface area (Å²) in [6, 6.07) is 27.8. The van der Waals surface area contributed by atoms with Gasteiger partial charge in [-0.3, -0.25) is 4.79 Å². The first-order valence-corrected chi connectivity index (χ1v) is 9.51. The zero-order chi connectivity index (χ0) is 20.8. The normalized spacial score (nSPS) is 9.29. The lowest BCUT2D eigenvalue weighted by molar-refractivity contribution is -0.116. The lowest BCUT2D eigenvalue weighted by atomic mass is 10.1. The molecule has 0 amide bonds. The molecule has 0 aliphatic carbocycles. The topological polar surface area (TPSA) is 34.1 Å². The Morgan fingerprint density at radius 1 is 0.571 bits per heavy atom. The zero-order valence-corrected chi connectivity index (χ0v) is 17.3. The largest absolute Gasteiger partial charge is 0.300 e. The highest BCUT2D eigenvalue weighted by molar-refractivity contribution is 5.97. The van der Waals surface area contributed by atoms with E-state index in [1.807, 2.05) is 36.4 Å². The molecule has 0 spiro atoms. The highest BCUT2D eigenvalue weighted by Crippen LogP contribution is 2.05. The highest BCUT2D eigenvalue weighted by Gasteiger charge is 2.05. The molecule has 3 aromatic carbocycles. The van der Waals surface area contributed by atoms with E-state index < -0.39 is 0 Å². The lowest BCUT2D eigenvalue weighted by Gasteiger charge is -1.97. The molecule has 0 heterocycles. The van der Waals surface area contributed by atoms with Gasteiger partial charge in [0.25, 0.3) is 0 Å². The van der Waals surface area contributed by atoms with Crippen LogP contribution in [0.3, 0.4) is 0 Å². The van der Waals surface area contributed by atoms with E-state index in [2.05, 4.69) is 57.2 Å². The van der Waals surface area contributed by atoms with E-state index in [-0.39, 0.29) is 11.6 Å². The van der Waals surface area contributed by atoms with Crippen molar-refractivity contribution in [3.63, 3.8) is 0 Å². The molecule has 0 unspecified atom stereocenters. The van der Waals surface area contributed by atoms with Crippen molar-refractivity contribution in [2.75, 3.05) is 0 Å². The summed E-state index contributed by atoms with van der Waals surface area (Å²) in [4.78, 5) is 22.0. The van der Waals surface area contributed by atoms with Crippen LogP contribution < -0.4 is 0 Å². The number of rotatable bonds is 4. The van der Waals surface area contributed by atoms with Crippen molar-refractivity contribution >= 4 is 11.6 Å². The van der Waals surface area contributed by atoms with Gasteiger partial charge in [0.2, 0.25) is 0 Å². The fourth-order valence-corrected chi connectivity index (χ4v) is 2.23. The molecule has 0 saturated heterocycles. The van der Waals surface area contributed by atoms with Gasteiger partial charge in [-0.05, 0) is 27.7 Å². The Labute approximate surface area is 169 Å². The summed E-state index contributed by atoms with van der Waals surface area (Å²) in [7, 11) is 0. The second-order valence-electron chi connectivity index (χ2n) is 6.80. The standard InChI is InChI=1S/C11H12O2.C8H10.C7H8/c1-9(12)7-8-11(13)10-5-3-2-4-6-10;1-7-3-5-8(2)6-4-7;1-7-5-3-2-4-6-7/h2-6H,7-8H2,1H3;3-6H,1-2H3;2-6H,1H3. The fraction of sp³-hybridized carbons (Fsp3) is 0.231. The molecule has 2 nitrogen and oxygen atoms in total. The Kier molecular flexibility index (Phi) is 10.9. The first-order valence-electron chi connectivity index (χ1n) is 9.51. The molecular formula is C26H30O2. The Morgan fingerprint density at radius 2 is 0.964 bits per heavy atom. The van der Waals surface area contributed by atoms with Gasteiger partial charge < -0.3 is 4.79 Å². The van der Waals surface area contributed by atoms with Gasteiger partial charge in [0.1, 0.15) is 5.78 Å². The van der Waals surface area contributed by atoms with Crippen LogP contribution in [0.1, 0.15) is 46.8 Å². The minimum Gasteiger partial charge on any atom is -0.300 e. The number of hydrogen-bond donors (Lipinski definition) is 0. The lowest BCUT2D eigenvalue weighted by Crippen LogP contribution is -2.01. The fourth-order valence-electron chi connectivity index (χ4n) is 2.23. The van der Waals surface area contributed by atoms with Crippen LogP contribution >= 0.6 is 0 Å². The monoisotopic (exact) mass is 374 g/mol. The third kappa shape index (κ3) is 10.9. The maximum Gasteiger partial charge on any atom is 0.163 e. The number of carbonyl (C=O) groups is 2. The van der Waals surface area contributed by atoms with Gasteiger partial charge in [0.05, 0.1) is 0 Å². The van der Waals surface area contributed by atoms with E-state index >= 15 is 0 Å². The Hall–Kier alpha value is -3.00. The summed E-state index contributed by atoms with van der Waals surface area (Å²) in [6.07, 6.45) is 0.660. The average Bonchev–Trinajstić information content (AvgIpc) is 2.70. The molecule has 3 aromatic rings. The highest BCUT2D eigenvalue weighted by atomic mass is 16.1. The first kappa shape index (κ1) is 23.0. The third-order valence-corrected chi connectivity index (χ3v) is 3.96. The number of Topliss-reactive ketones (excluding diaryl/α,β-unsaturated/α-hetero) is 2. The molecule has 2 heteroatoms. The molecule has 0 fully saturated rings. The Balaban J connectivity index is 0.000000224. The summed E-state index contributed by atoms with van der Waals surface area (Å²) in [5.74, 6) is 0.0973. The predicted molar refractivity (Wildman–Crippen MR) is 118 cm³/mol. The van der Waals surface area contributed by atoms with Crippen molar-refractivity contribution in [2.24, 2.45) is 0 Å². The van der Waals surface area contributed by atoms with Crippen LogP contribution in [0.15, 0.2) is 84.9 Å². The van der Waals surface area contributed by atoms with E-state index in [0.717, 1.165) is 0 Å². The maximum absolute atomic E-state index is 11.4. The van der Waals surface area contributed by atoms with Gasteiger partial charge in [0, 0.05) is 18.4 Å². The van der Waals surface area contributed by atoms with E-state index in [1.54, 1.807) is 12.1 Å². The van der Waals surface area contributed by atoms with Crippen molar-refractivity contribution in [3.05, 3.63) is 107 Å². The first-order chi connectivity index (χ1) is 13.4. The van der Waals surface area contributed by atoms with Crippen LogP contribution in [0, 0.1) is 20.8 Å². The molecule has 146 valence electrons. The number of hydrogen-bond acceptors (Lipinski definition) is 2. The summed E-state index contributed by atoms with van der Waals surface area (Å²) in [6.45, 7) is 7.77. The number of carbonyl (C=O) groups excluding carboxylic acids is 2. The minimum absolute atomic E-state index is 0.0378. The van der Waals surface area contributed by atoms with Crippen LogP contribution in [-0.2, 0) is 4.79 Å². The van der Waals surface area contributed by atoms with E-state index in [0.29, 0.717) is 18.4 Å². The molecular weight excluding hydrogens is 344 g/mol. The number of ketones is 2. The molecule has 3 rings (SSSR count). The van der Waals surface area contributed by atoms with Crippen molar-refractivity contribution in [1.82, 2.24) is 0 Å². The molecule has 0 radical (unpaired) electrons. The van der Waals surface area contributed by atoms with Gasteiger partial charge in [-0.15, -0.1) is 0 Å². The average molecular weight is 375 g/mol. The smallest absolute Gasteiger partial charge is 0.163 e. The molecule has 0 saturated carbocycles. The molecule has 28 heavy (non-hydrogen) atoms. The van der Waals surface area contributed by atoms with Crippen LogP contribution in [0.25, 0.3) is 0 Å². The van der Waals surface area contributed by atoms with Gasteiger partial charge in [0.15, 0.2) is 5.78 Å². The Bertz CT molecular complexity index is 798. The van der Waals surface area contributed by atoms with Gasteiger partial charge in [-0.2, -0.15) is 0 Å². The maximum atomic E-state index is 11.4. The van der Waals surface area contributed by atoms with Gasteiger partial charge in [-0.1, -0.05) is 102 Å². The molecule has 0 aliphatic heterocycles. The van der Waals surface area contributed by atoms with Crippen molar-refractivity contribution in [1.29, 1.82) is 0 Å². The van der Waals surface area contributed by atoms with Crippen molar-refractivity contribution < 1.29 is 9.59 Å². The summed E-state index contributed by atoms with van der Waals surface area (Å²) < 4.78 is 0. The Morgan fingerprint density at radius 3 is 1.32 bits per heavy atom. The van der Waals surface area contributed by atoms with Crippen LogP contribution in [-0.4, -0.2) is 11.6 Å². The minimum atomic E-state index is 0.0378. The summed E-state index contributed by atoms with van der Waals surface area (Å²) in [5, 5.41) is 0. The molecule has 0 aliphatic rings. The molecule has 0 aromatic heterocycles. The third-order valence-electron chi connectivity index (χ3n) is 3.96. The number of aryl methyl sites for hydroxylation is 3. The summed E-state index contributed by atoms with van der Waals surface area (Å²) in [5.41, 5.74) is 4.66. The van der Waals surface area contributed by atoms with Crippen LogP contribution in [0.4, 0.5) is 0 Å². The van der Waals surface area contributed by atoms with Crippen LogP contribution in [0.2, 0.25) is 0 Å². The second-order valence-corrected chi connectivity index (χ2v) is 6.80. The molecule has 0 bridgehead atoms. The quantitative estimate of drug-likeness (QED) is 0.486. The van der Waals surface area contributed by atoms with Gasteiger partial charge >= 0.3 is 0 Å². The zero-order valence-electron chi connectivity index (χ0n) is 17.3. The van der Waals surface area contributed by atoms with Crippen molar-refractivity contribution in [3.8, 4) is 0 Å². The number of benzene rings is 3. The van der Waals surface area contributed by atoms with E-state index in [4.69, 9.17) is 0 Å².